The maximum atomic E-state index is 8.73. The normalized spacial score (nSPS) is 18.0. The minimum Gasteiger partial charge on any atom is -0.530 e. The average Bonchev–Trinajstić information content (AvgIpc) is 2.04. The van der Waals surface area contributed by atoms with E-state index in [1.54, 1.807) is 0 Å². The van der Waals surface area contributed by atoms with Crippen LogP contribution in [0.5, 0.6) is 0 Å². The lowest BCUT2D eigenvalue weighted by Crippen LogP contribution is -2.53. The SMILES string of the molecule is C[N+]1(CCO)CCOCC1.Cl.NC(=O)[O-]. The van der Waals surface area contributed by atoms with Crippen LogP contribution in [0.1, 0.15) is 0 Å². The summed E-state index contributed by atoms with van der Waals surface area (Å²) < 4.78 is 6.18. The minimum absolute atomic E-state index is 0. The molecule has 1 saturated heterocycles. The van der Waals surface area contributed by atoms with E-state index >= 15 is 0 Å². The topological polar surface area (TPSA) is 95.6 Å². The Morgan fingerprint density at radius 2 is 1.93 bits per heavy atom. The number of nitrogens with zero attached hydrogens (tertiary/aromatic N) is 1. The van der Waals surface area contributed by atoms with E-state index in [-0.39, 0.29) is 19.0 Å². The molecule has 7 heteroatoms. The largest absolute Gasteiger partial charge is 0.530 e. The molecular formula is C8H19ClN2O4. The number of aliphatic hydroxyl groups excluding tert-OH is 1. The quantitative estimate of drug-likeness (QED) is 0.557. The third-order valence-corrected chi connectivity index (χ3v) is 2.19. The van der Waals surface area contributed by atoms with Crippen LogP contribution >= 0.6 is 12.4 Å². The van der Waals surface area contributed by atoms with Crippen molar-refractivity contribution in [3.05, 3.63) is 0 Å². The van der Waals surface area contributed by atoms with Crippen LogP contribution in [-0.4, -0.2) is 62.2 Å². The number of likely N-dealkylation sites (N-methyl/N-ethyl adjacent to an activating group) is 1. The molecule has 0 bridgehead atoms. The molecule has 1 fully saturated rings. The summed E-state index contributed by atoms with van der Waals surface area (Å²) in [7, 11) is 2.17. The molecule has 3 N–H and O–H groups in total. The second kappa shape index (κ2) is 8.72. The number of morpholine rings is 1. The van der Waals surface area contributed by atoms with E-state index < -0.39 is 6.09 Å². The van der Waals surface area contributed by atoms with Gasteiger partial charge in [-0.2, -0.15) is 0 Å². The van der Waals surface area contributed by atoms with Gasteiger partial charge in [0.2, 0.25) is 0 Å². The third kappa shape index (κ3) is 9.74. The Labute approximate surface area is 95.6 Å². The predicted molar refractivity (Wildman–Crippen MR) is 55.5 cm³/mol. The highest BCUT2D eigenvalue weighted by atomic mass is 35.5. The molecule has 1 amide bonds. The van der Waals surface area contributed by atoms with Gasteiger partial charge >= 0.3 is 0 Å². The lowest BCUT2D eigenvalue weighted by molar-refractivity contribution is -0.917. The number of halogens is 1. The number of ether oxygens (including phenoxy) is 1. The Balaban J connectivity index is 0. The summed E-state index contributed by atoms with van der Waals surface area (Å²) in [6.07, 6.45) is -1.58. The molecule has 15 heavy (non-hydrogen) atoms. The molecule has 0 radical (unpaired) electrons. The molecule has 1 aliphatic heterocycles. The molecule has 1 aliphatic rings. The van der Waals surface area contributed by atoms with Gasteiger partial charge in [-0.05, 0) is 0 Å². The van der Waals surface area contributed by atoms with Crippen LogP contribution in [-0.2, 0) is 4.74 Å². The summed E-state index contributed by atoms with van der Waals surface area (Å²) in [6, 6.07) is 0. The molecule has 0 unspecified atom stereocenters. The Morgan fingerprint density at radius 1 is 1.53 bits per heavy atom. The van der Waals surface area contributed by atoms with E-state index in [0.29, 0.717) is 0 Å². The van der Waals surface area contributed by atoms with Crippen LogP contribution < -0.4 is 10.8 Å². The van der Waals surface area contributed by atoms with Crippen LogP contribution in [0.15, 0.2) is 0 Å². The first kappa shape index (κ1) is 16.9. The van der Waals surface area contributed by atoms with Gasteiger partial charge in [-0.15, -0.1) is 12.4 Å². The summed E-state index contributed by atoms with van der Waals surface area (Å²) in [5.74, 6) is 0. The number of carboxylic acid groups (broad SMARTS) is 1. The Hall–Kier alpha value is -0.560. The van der Waals surface area contributed by atoms with Gasteiger partial charge in [0.1, 0.15) is 25.7 Å². The zero-order chi connectivity index (χ0) is 11.0. The van der Waals surface area contributed by atoms with E-state index in [1.165, 1.54) is 0 Å². The maximum absolute atomic E-state index is 8.73. The summed E-state index contributed by atoms with van der Waals surface area (Å²) in [5.41, 5.74) is 3.92. The molecule has 0 aromatic heterocycles. The van der Waals surface area contributed by atoms with Crippen molar-refractivity contribution in [1.82, 2.24) is 0 Å². The molecular weight excluding hydrogens is 224 g/mol. The highest BCUT2D eigenvalue weighted by molar-refractivity contribution is 5.85. The van der Waals surface area contributed by atoms with Gasteiger partial charge in [0.05, 0.1) is 26.9 Å². The number of carbonyl (C=O) groups excluding carboxylic acids is 1. The minimum atomic E-state index is -1.58. The van der Waals surface area contributed by atoms with Gasteiger partial charge < -0.3 is 30.0 Å². The average molecular weight is 243 g/mol. The summed E-state index contributed by atoms with van der Waals surface area (Å²) in [6.45, 7) is 4.92. The number of amides is 1. The highest BCUT2D eigenvalue weighted by Gasteiger charge is 2.23. The van der Waals surface area contributed by atoms with Gasteiger partial charge in [-0.1, -0.05) is 0 Å². The Kier molecular flexibility index (Phi) is 9.80. The monoisotopic (exact) mass is 242 g/mol. The van der Waals surface area contributed by atoms with E-state index in [2.05, 4.69) is 12.8 Å². The molecule has 6 nitrogen and oxygen atoms in total. The number of quaternary nitrogens is 1. The first-order valence-electron chi connectivity index (χ1n) is 4.49. The van der Waals surface area contributed by atoms with Crippen LogP contribution in [0.3, 0.4) is 0 Å². The van der Waals surface area contributed by atoms with Crippen LogP contribution in [0.25, 0.3) is 0 Å². The number of hydrogen-bond acceptors (Lipinski definition) is 4. The molecule has 0 spiro atoms. The van der Waals surface area contributed by atoms with Crippen LogP contribution in [0.4, 0.5) is 4.79 Å². The van der Waals surface area contributed by atoms with Gasteiger partial charge in [0.25, 0.3) is 0 Å². The van der Waals surface area contributed by atoms with Crippen molar-refractivity contribution in [3.63, 3.8) is 0 Å². The summed E-state index contributed by atoms with van der Waals surface area (Å²) in [5, 5.41) is 17.4. The highest BCUT2D eigenvalue weighted by Crippen LogP contribution is 2.05. The van der Waals surface area contributed by atoms with Crippen molar-refractivity contribution in [2.75, 3.05) is 46.5 Å². The predicted octanol–water partition coefficient (Wildman–Crippen LogP) is -1.83. The zero-order valence-corrected chi connectivity index (χ0v) is 9.66. The molecule has 92 valence electrons. The molecule has 0 saturated carbocycles. The molecule has 0 aliphatic carbocycles. The van der Waals surface area contributed by atoms with E-state index in [0.717, 1.165) is 37.3 Å². The van der Waals surface area contributed by atoms with Crippen molar-refractivity contribution >= 4 is 18.5 Å². The molecule has 0 aromatic rings. The van der Waals surface area contributed by atoms with E-state index in [4.69, 9.17) is 19.7 Å². The van der Waals surface area contributed by atoms with Crippen molar-refractivity contribution in [3.8, 4) is 0 Å². The fourth-order valence-corrected chi connectivity index (χ4v) is 1.25. The first-order valence-corrected chi connectivity index (χ1v) is 4.49. The van der Waals surface area contributed by atoms with E-state index in [9.17, 15) is 0 Å². The summed E-state index contributed by atoms with van der Waals surface area (Å²) >= 11 is 0. The zero-order valence-electron chi connectivity index (χ0n) is 8.85. The van der Waals surface area contributed by atoms with Crippen molar-refractivity contribution < 1.29 is 24.2 Å². The number of nitrogens with two attached hydrogens (primary N) is 1. The van der Waals surface area contributed by atoms with Crippen molar-refractivity contribution in [2.24, 2.45) is 5.73 Å². The molecule has 0 aromatic carbocycles. The second-order valence-electron chi connectivity index (χ2n) is 3.45. The second-order valence-corrected chi connectivity index (χ2v) is 3.45. The van der Waals surface area contributed by atoms with Crippen LogP contribution in [0.2, 0.25) is 0 Å². The number of hydrogen-bond donors (Lipinski definition) is 2. The molecule has 1 heterocycles. The fourth-order valence-electron chi connectivity index (χ4n) is 1.25. The number of rotatable bonds is 2. The van der Waals surface area contributed by atoms with Gasteiger partial charge in [0, 0.05) is 0 Å². The summed E-state index contributed by atoms with van der Waals surface area (Å²) in [4.78, 5) is 8.67. The third-order valence-electron chi connectivity index (χ3n) is 2.19. The number of aliphatic hydroxyl groups is 1. The fraction of sp³-hybridized carbons (Fsp3) is 0.875. The number of primary amides is 1. The molecule has 0 atom stereocenters. The van der Waals surface area contributed by atoms with Crippen molar-refractivity contribution in [2.45, 2.75) is 0 Å². The number of carbonyl (C=O) groups is 1. The molecule has 1 rings (SSSR count). The lowest BCUT2D eigenvalue weighted by atomic mass is 10.3. The van der Waals surface area contributed by atoms with Gasteiger partial charge in [0.15, 0.2) is 0 Å². The smallest absolute Gasteiger partial charge is 0.131 e. The van der Waals surface area contributed by atoms with Crippen molar-refractivity contribution in [1.29, 1.82) is 0 Å². The first-order chi connectivity index (χ1) is 6.50. The Morgan fingerprint density at radius 3 is 2.27 bits per heavy atom. The van der Waals surface area contributed by atoms with E-state index in [1.807, 2.05) is 0 Å². The van der Waals surface area contributed by atoms with Gasteiger partial charge in [-0.25, -0.2) is 0 Å². The van der Waals surface area contributed by atoms with Crippen LogP contribution in [0, 0.1) is 0 Å². The van der Waals surface area contributed by atoms with Gasteiger partial charge in [-0.3, -0.25) is 0 Å². The Bertz CT molecular complexity index is 165. The lowest BCUT2D eigenvalue weighted by Gasteiger charge is -2.36. The standard InChI is InChI=1S/C7H16NO2.CH3NO2.ClH/c1-8(2-5-9)3-6-10-7-4-8;2-1(3)4;/h9H,2-7H2,1H3;2H2,(H,3,4);1H/q+1;;/p-1. The maximum Gasteiger partial charge on any atom is 0.131 e.